The van der Waals surface area contributed by atoms with Crippen LogP contribution in [0, 0.1) is 0 Å². The van der Waals surface area contributed by atoms with Gasteiger partial charge in [-0.2, -0.15) is 0 Å². The molecule has 1 heterocycles. The number of hydrogen-bond acceptors (Lipinski definition) is 2. The Bertz CT molecular complexity index is 280. The van der Waals surface area contributed by atoms with Gasteiger partial charge in [-0.3, -0.25) is 4.79 Å². The summed E-state index contributed by atoms with van der Waals surface area (Å²) < 4.78 is 2.03. The van der Waals surface area contributed by atoms with Crippen LogP contribution < -0.4 is 11.1 Å². The van der Waals surface area contributed by atoms with Crippen LogP contribution in [0.3, 0.4) is 0 Å². The van der Waals surface area contributed by atoms with Gasteiger partial charge in [0.25, 0.3) is 0 Å². The fourth-order valence-corrected chi connectivity index (χ4v) is 1.29. The van der Waals surface area contributed by atoms with Gasteiger partial charge in [0.1, 0.15) is 0 Å². The quantitative estimate of drug-likeness (QED) is 0.725. The van der Waals surface area contributed by atoms with Crippen LogP contribution in [0.25, 0.3) is 0 Å². The maximum absolute atomic E-state index is 11.3. The number of carbonyl (C=O) groups excluding carboxylic acids is 1. The Morgan fingerprint density at radius 1 is 1.47 bits per heavy atom. The summed E-state index contributed by atoms with van der Waals surface area (Å²) in [5, 5.41) is 2.86. The predicted molar refractivity (Wildman–Crippen MR) is 60.3 cm³/mol. The van der Waals surface area contributed by atoms with E-state index in [-0.39, 0.29) is 11.9 Å². The van der Waals surface area contributed by atoms with Crippen LogP contribution in [0.2, 0.25) is 0 Å². The van der Waals surface area contributed by atoms with E-state index in [1.807, 2.05) is 36.0 Å². The highest BCUT2D eigenvalue weighted by Gasteiger charge is 2.02. The summed E-state index contributed by atoms with van der Waals surface area (Å²) in [6, 6.07) is 4.04. The van der Waals surface area contributed by atoms with Crippen molar-refractivity contribution in [3.8, 4) is 0 Å². The third-order valence-corrected chi connectivity index (χ3v) is 2.19. The third-order valence-electron chi connectivity index (χ3n) is 2.19. The van der Waals surface area contributed by atoms with Gasteiger partial charge >= 0.3 is 0 Å². The van der Waals surface area contributed by atoms with E-state index < -0.39 is 0 Å². The summed E-state index contributed by atoms with van der Waals surface area (Å²) in [7, 11) is 0. The second kappa shape index (κ2) is 6.24. The number of hydrogen-bond donors (Lipinski definition) is 2. The summed E-state index contributed by atoms with van der Waals surface area (Å²) in [6.07, 6.45) is 5.22. The van der Waals surface area contributed by atoms with E-state index >= 15 is 0 Å². The van der Waals surface area contributed by atoms with Crippen molar-refractivity contribution >= 4 is 5.91 Å². The lowest BCUT2D eigenvalue weighted by Gasteiger charge is -2.07. The minimum Gasteiger partial charge on any atom is -0.354 e. The van der Waals surface area contributed by atoms with Gasteiger partial charge in [0, 0.05) is 37.9 Å². The molecule has 1 atom stereocenters. The zero-order chi connectivity index (χ0) is 11.1. The van der Waals surface area contributed by atoms with Gasteiger partial charge in [-0.05, 0) is 25.5 Å². The normalized spacial score (nSPS) is 12.4. The van der Waals surface area contributed by atoms with E-state index in [1.165, 1.54) is 0 Å². The van der Waals surface area contributed by atoms with Crippen LogP contribution >= 0.6 is 0 Å². The molecule has 4 heteroatoms. The summed E-state index contributed by atoms with van der Waals surface area (Å²) in [5.74, 6) is 0.0828. The van der Waals surface area contributed by atoms with Crippen LogP contribution in [0.4, 0.5) is 0 Å². The lowest BCUT2D eigenvalue weighted by Crippen LogP contribution is -2.28. The fraction of sp³-hybridized carbons (Fsp3) is 0.545. The van der Waals surface area contributed by atoms with E-state index in [2.05, 4.69) is 5.32 Å². The maximum atomic E-state index is 11.3. The number of nitrogens with zero attached hydrogens (tertiary/aromatic N) is 1. The van der Waals surface area contributed by atoms with Crippen molar-refractivity contribution in [3.05, 3.63) is 24.5 Å². The molecule has 1 aromatic rings. The SMILES string of the molecule is CC(N)CCC(=O)NCCn1cccc1. The van der Waals surface area contributed by atoms with Gasteiger partial charge in [-0.25, -0.2) is 0 Å². The number of amides is 1. The lowest BCUT2D eigenvalue weighted by molar-refractivity contribution is -0.121. The Kier molecular flexibility index (Phi) is 4.90. The third kappa shape index (κ3) is 5.22. The molecule has 0 aromatic carbocycles. The van der Waals surface area contributed by atoms with Gasteiger partial charge in [0.15, 0.2) is 0 Å². The monoisotopic (exact) mass is 209 g/mol. The highest BCUT2D eigenvalue weighted by atomic mass is 16.1. The molecule has 3 N–H and O–H groups in total. The minimum atomic E-state index is 0.0828. The average molecular weight is 209 g/mol. The first-order valence-corrected chi connectivity index (χ1v) is 5.31. The first kappa shape index (κ1) is 11.8. The zero-order valence-electron chi connectivity index (χ0n) is 9.15. The molecule has 0 aliphatic heterocycles. The molecule has 0 saturated carbocycles. The molecule has 1 unspecified atom stereocenters. The van der Waals surface area contributed by atoms with Gasteiger partial charge in [0.2, 0.25) is 5.91 Å². The number of rotatable bonds is 6. The van der Waals surface area contributed by atoms with Crippen molar-refractivity contribution in [2.75, 3.05) is 6.54 Å². The zero-order valence-corrected chi connectivity index (χ0v) is 9.15. The second-order valence-corrected chi connectivity index (χ2v) is 3.79. The Morgan fingerprint density at radius 3 is 2.73 bits per heavy atom. The van der Waals surface area contributed by atoms with E-state index in [4.69, 9.17) is 5.73 Å². The second-order valence-electron chi connectivity index (χ2n) is 3.79. The van der Waals surface area contributed by atoms with Crippen LogP contribution in [-0.2, 0) is 11.3 Å². The Hall–Kier alpha value is -1.29. The van der Waals surface area contributed by atoms with Gasteiger partial charge in [0.05, 0.1) is 0 Å². The molecule has 4 nitrogen and oxygen atoms in total. The van der Waals surface area contributed by atoms with E-state index in [0.717, 1.165) is 13.0 Å². The standard InChI is InChI=1S/C11H19N3O/c1-10(12)4-5-11(15)13-6-9-14-7-2-3-8-14/h2-3,7-8,10H,4-6,9,12H2,1H3,(H,13,15). The van der Waals surface area contributed by atoms with E-state index in [9.17, 15) is 4.79 Å². The summed E-state index contributed by atoms with van der Waals surface area (Å²) >= 11 is 0. The van der Waals surface area contributed by atoms with Crippen molar-refractivity contribution in [2.24, 2.45) is 5.73 Å². The number of nitrogens with two attached hydrogens (primary N) is 1. The fourth-order valence-electron chi connectivity index (χ4n) is 1.29. The van der Waals surface area contributed by atoms with Crippen molar-refractivity contribution in [2.45, 2.75) is 32.4 Å². The average Bonchev–Trinajstić information content (AvgIpc) is 2.67. The van der Waals surface area contributed by atoms with Crippen molar-refractivity contribution in [1.82, 2.24) is 9.88 Å². The largest absolute Gasteiger partial charge is 0.354 e. The molecule has 1 aromatic heterocycles. The molecule has 0 spiro atoms. The molecule has 0 bridgehead atoms. The molecule has 0 aliphatic carbocycles. The smallest absolute Gasteiger partial charge is 0.220 e. The highest BCUT2D eigenvalue weighted by molar-refractivity contribution is 5.75. The molecule has 0 aliphatic rings. The highest BCUT2D eigenvalue weighted by Crippen LogP contribution is 1.93. The summed E-state index contributed by atoms with van der Waals surface area (Å²) in [4.78, 5) is 11.3. The number of carbonyl (C=O) groups is 1. The molecular formula is C11H19N3O. The number of nitrogens with one attached hydrogen (secondary N) is 1. The lowest BCUT2D eigenvalue weighted by atomic mass is 10.2. The van der Waals surface area contributed by atoms with Crippen molar-refractivity contribution < 1.29 is 4.79 Å². The summed E-state index contributed by atoms with van der Waals surface area (Å²) in [5.41, 5.74) is 5.56. The molecule has 0 fully saturated rings. The topological polar surface area (TPSA) is 60.1 Å². The molecule has 84 valence electrons. The molecule has 1 amide bonds. The van der Waals surface area contributed by atoms with Crippen LogP contribution in [0.15, 0.2) is 24.5 Å². The van der Waals surface area contributed by atoms with Gasteiger partial charge in [-0.15, -0.1) is 0 Å². The Morgan fingerprint density at radius 2 is 2.13 bits per heavy atom. The first-order chi connectivity index (χ1) is 7.18. The minimum absolute atomic E-state index is 0.0828. The van der Waals surface area contributed by atoms with Crippen LogP contribution in [0.5, 0.6) is 0 Å². The van der Waals surface area contributed by atoms with Gasteiger partial charge in [-0.1, -0.05) is 0 Å². The van der Waals surface area contributed by atoms with Crippen molar-refractivity contribution in [3.63, 3.8) is 0 Å². The summed E-state index contributed by atoms with van der Waals surface area (Å²) in [6.45, 7) is 3.40. The van der Waals surface area contributed by atoms with Gasteiger partial charge < -0.3 is 15.6 Å². The van der Waals surface area contributed by atoms with Crippen molar-refractivity contribution in [1.29, 1.82) is 0 Å². The first-order valence-electron chi connectivity index (χ1n) is 5.31. The van der Waals surface area contributed by atoms with E-state index in [1.54, 1.807) is 0 Å². The van der Waals surface area contributed by atoms with Crippen LogP contribution in [-0.4, -0.2) is 23.1 Å². The van der Waals surface area contributed by atoms with Crippen LogP contribution in [0.1, 0.15) is 19.8 Å². The Balaban J connectivity index is 2.07. The predicted octanol–water partition coefficient (Wildman–Crippen LogP) is 0.732. The molecular weight excluding hydrogens is 190 g/mol. The maximum Gasteiger partial charge on any atom is 0.220 e. The number of aromatic nitrogens is 1. The Labute approximate surface area is 90.5 Å². The molecule has 0 saturated heterocycles. The molecule has 0 radical (unpaired) electrons. The molecule has 15 heavy (non-hydrogen) atoms. The van der Waals surface area contributed by atoms with E-state index in [0.29, 0.717) is 13.0 Å². The molecule has 1 rings (SSSR count).